The fourth-order valence-electron chi connectivity index (χ4n) is 0.818. The lowest BCUT2D eigenvalue weighted by Crippen LogP contribution is -2.01. The lowest BCUT2D eigenvalue weighted by molar-refractivity contribution is 0.612. The van der Waals surface area contributed by atoms with Crippen LogP contribution in [-0.4, -0.2) is 0 Å². The zero-order valence-corrected chi connectivity index (χ0v) is 9.46. The van der Waals surface area contributed by atoms with Gasteiger partial charge in [0.2, 0.25) is 0 Å². The highest BCUT2D eigenvalue weighted by molar-refractivity contribution is 9.11. The molecule has 0 amide bonds. The average Bonchev–Trinajstić information content (AvgIpc) is 2.08. The van der Waals surface area contributed by atoms with Crippen molar-refractivity contribution < 1.29 is 4.39 Å². The van der Waals surface area contributed by atoms with Crippen molar-refractivity contribution in [3.8, 4) is 0 Å². The van der Waals surface area contributed by atoms with Gasteiger partial charge in [0.05, 0.1) is 15.8 Å². The molecule has 0 atom stereocenters. The molecule has 1 rings (SSSR count). The molecule has 0 fully saturated rings. The first-order chi connectivity index (χ1) is 5.46. The van der Waals surface area contributed by atoms with Crippen LogP contribution in [-0.2, 0) is 0 Å². The molecule has 0 aliphatic rings. The van der Waals surface area contributed by atoms with Crippen LogP contribution in [0.5, 0.6) is 0 Å². The Hall–Kier alpha value is -0.290. The average molecular weight is 298 g/mol. The van der Waals surface area contributed by atoms with Gasteiger partial charge in [-0.1, -0.05) is 0 Å². The smallest absolute Gasteiger partial charge is 0.143 e. The predicted octanol–water partition coefficient (Wildman–Crippen LogP) is 2.82. The van der Waals surface area contributed by atoms with Gasteiger partial charge < -0.3 is 11.5 Å². The van der Waals surface area contributed by atoms with Crippen LogP contribution >= 0.6 is 31.9 Å². The quantitative estimate of drug-likeness (QED) is 0.571. The Morgan fingerprint density at radius 1 is 1.08 bits per heavy atom. The van der Waals surface area contributed by atoms with Crippen LogP contribution in [0.15, 0.2) is 8.95 Å². The Morgan fingerprint density at radius 3 is 2.00 bits per heavy atom. The molecule has 0 saturated carbocycles. The summed E-state index contributed by atoms with van der Waals surface area (Å²) in [6, 6.07) is 0. The standard InChI is InChI=1S/C7H7Br2FN2/c1-2-3(8)6(11)7(12)4(9)5(2)10/h11-12H2,1H3. The molecule has 12 heavy (non-hydrogen) atoms. The first-order valence-electron chi connectivity index (χ1n) is 3.14. The third-order valence-electron chi connectivity index (χ3n) is 1.61. The summed E-state index contributed by atoms with van der Waals surface area (Å²) in [5.74, 6) is -0.381. The second-order valence-corrected chi connectivity index (χ2v) is 3.98. The van der Waals surface area contributed by atoms with Crippen LogP contribution in [0.2, 0.25) is 0 Å². The summed E-state index contributed by atoms with van der Waals surface area (Å²) in [7, 11) is 0. The summed E-state index contributed by atoms with van der Waals surface area (Å²) in [6.07, 6.45) is 0. The van der Waals surface area contributed by atoms with Crippen LogP contribution in [0.25, 0.3) is 0 Å². The van der Waals surface area contributed by atoms with Crippen LogP contribution in [0, 0.1) is 12.7 Å². The van der Waals surface area contributed by atoms with Crippen LogP contribution in [0.3, 0.4) is 0 Å². The van der Waals surface area contributed by atoms with E-state index in [1.165, 1.54) is 0 Å². The number of nitrogens with two attached hydrogens (primary N) is 2. The molecule has 0 unspecified atom stereocenters. The summed E-state index contributed by atoms with van der Waals surface area (Å²) < 4.78 is 14.0. The van der Waals surface area contributed by atoms with Crippen molar-refractivity contribution in [3.05, 3.63) is 20.3 Å². The minimum atomic E-state index is -0.381. The second kappa shape index (κ2) is 3.22. The van der Waals surface area contributed by atoms with Crippen LogP contribution < -0.4 is 11.5 Å². The number of hydrogen-bond donors (Lipinski definition) is 2. The van der Waals surface area contributed by atoms with Gasteiger partial charge >= 0.3 is 0 Å². The molecule has 4 N–H and O–H groups in total. The van der Waals surface area contributed by atoms with Crippen molar-refractivity contribution in [2.24, 2.45) is 0 Å². The molecule has 0 aliphatic carbocycles. The summed E-state index contributed by atoms with van der Waals surface area (Å²) in [5.41, 5.74) is 12.1. The highest BCUT2D eigenvalue weighted by atomic mass is 79.9. The van der Waals surface area contributed by atoms with E-state index < -0.39 is 0 Å². The predicted molar refractivity (Wildman–Crippen MR) is 55.4 cm³/mol. The van der Waals surface area contributed by atoms with E-state index in [2.05, 4.69) is 31.9 Å². The van der Waals surface area contributed by atoms with E-state index in [-0.39, 0.29) is 16.0 Å². The van der Waals surface area contributed by atoms with Gasteiger partial charge in [-0.15, -0.1) is 0 Å². The van der Waals surface area contributed by atoms with E-state index in [4.69, 9.17) is 11.5 Å². The Labute approximate surface area is 86.4 Å². The topological polar surface area (TPSA) is 52.0 Å². The molecule has 5 heteroatoms. The molecule has 0 radical (unpaired) electrons. The van der Waals surface area contributed by atoms with E-state index in [1.54, 1.807) is 6.92 Å². The lowest BCUT2D eigenvalue weighted by atomic mass is 10.2. The number of rotatable bonds is 0. The molecule has 0 aliphatic heterocycles. The second-order valence-electron chi connectivity index (χ2n) is 2.39. The molecule has 1 aromatic carbocycles. The number of hydrogen-bond acceptors (Lipinski definition) is 2. The van der Waals surface area contributed by atoms with Gasteiger partial charge in [-0.25, -0.2) is 4.39 Å². The molecule has 66 valence electrons. The first kappa shape index (κ1) is 9.80. The third-order valence-corrected chi connectivity index (χ3v) is 3.41. The lowest BCUT2D eigenvalue weighted by Gasteiger charge is -2.09. The normalized spacial score (nSPS) is 10.3. The van der Waals surface area contributed by atoms with Gasteiger partial charge in [0.1, 0.15) is 5.82 Å². The van der Waals surface area contributed by atoms with E-state index in [0.29, 0.717) is 15.7 Å². The van der Waals surface area contributed by atoms with Crippen molar-refractivity contribution in [1.29, 1.82) is 0 Å². The van der Waals surface area contributed by atoms with Gasteiger partial charge in [-0.05, 0) is 38.8 Å². The van der Waals surface area contributed by atoms with Crippen molar-refractivity contribution >= 4 is 43.2 Å². The van der Waals surface area contributed by atoms with E-state index >= 15 is 0 Å². The monoisotopic (exact) mass is 296 g/mol. The number of benzene rings is 1. The third kappa shape index (κ3) is 1.31. The summed E-state index contributed by atoms with van der Waals surface area (Å²) in [5, 5.41) is 0. The van der Waals surface area contributed by atoms with Gasteiger partial charge in [0.15, 0.2) is 0 Å². The van der Waals surface area contributed by atoms with Gasteiger partial charge in [-0.2, -0.15) is 0 Å². The molecule has 1 aromatic rings. The molecule has 0 saturated heterocycles. The van der Waals surface area contributed by atoms with Crippen LogP contribution in [0.1, 0.15) is 5.56 Å². The molecule has 0 aromatic heterocycles. The first-order valence-corrected chi connectivity index (χ1v) is 4.73. The maximum atomic E-state index is 13.2. The summed E-state index contributed by atoms with van der Waals surface area (Å²) in [6.45, 7) is 1.62. The number of nitrogen functional groups attached to an aromatic ring is 2. The molecular formula is C7H7Br2FN2. The van der Waals surface area contributed by atoms with E-state index in [9.17, 15) is 4.39 Å². The minimum absolute atomic E-state index is 0.223. The Morgan fingerprint density at radius 2 is 1.50 bits per heavy atom. The number of halogens is 3. The Balaban J connectivity index is 3.60. The van der Waals surface area contributed by atoms with Crippen LogP contribution in [0.4, 0.5) is 15.8 Å². The van der Waals surface area contributed by atoms with E-state index in [1.807, 2.05) is 0 Å². The summed E-state index contributed by atoms with van der Waals surface area (Å²) in [4.78, 5) is 0. The molecule has 2 nitrogen and oxygen atoms in total. The molecule has 0 heterocycles. The van der Waals surface area contributed by atoms with Crippen molar-refractivity contribution in [2.45, 2.75) is 6.92 Å². The molecular weight excluding hydrogens is 291 g/mol. The fourth-order valence-corrected chi connectivity index (χ4v) is 1.72. The van der Waals surface area contributed by atoms with Gasteiger partial charge in [-0.3, -0.25) is 0 Å². The zero-order chi connectivity index (χ0) is 9.46. The molecule has 0 spiro atoms. The molecule has 0 bridgehead atoms. The fraction of sp³-hybridized carbons (Fsp3) is 0.143. The maximum Gasteiger partial charge on any atom is 0.143 e. The van der Waals surface area contributed by atoms with Crippen molar-refractivity contribution in [1.82, 2.24) is 0 Å². The largest absolute Gasteiger partial charge is 0.396 e. The highest BCUT2D eigenvalue weighted by Gasteiger charge is 2.14. The SMILES string of the molecule is Cc1c(F)c(Br)c(N)c(N)c1Br. The Kier molecular flexibility index (Phi) is 2.63. The van der Waals surface area contributed by atoms with Crippen molar-refractivity contribution in [2.75, 3.05) is 11.5 Å². The van der Waals surface area contributed by atoms with Gasteiger partial charge in [0.25, 0.3) is 0 Å². The Bertz CT molecular complexity index is 234. The minimum Gasteiger partial charge on any atom is -0.396 e. The zero-order valence-electron chi connectivity index (χ0n) is 6.29. The van der Waals surface area contributed by atoms with Gasteiger partial charge in [0, 0.05) is 10.0 Å². The highest BCUT2D eigenvalue weighted by Crippen LogP contribution is 2.37. The maximum absolute atomic E-state index is 13.2. The number of anilines is 2. The van der Waals surface area contributed by atoms with E-state index in [0.717, 1.165) is 0 Å². The summed E-state index contributed by atoms with van der Waals surface area (Å²) >= 11 is 6.16. The van der Waals surface area contributed by atoms with Crippen molar-refractivity contribution in [3.63, 3.8) is 0 Å².